The summed E-state index contributed by atoms with van der Waals surface area (Å²) >= 11 is 0. The van der Waals surface area contributed by atoms with Gasteiger partial charge in [-0.2, -0.15) is 0 Å². The van der Waals surface area contributed by atoms with Gasteiger partial charge in [-0.15, -0.1) is 0 Å². The minimum Gasteiger partial charge on any atom is -0.326 e. The van der Waals surface area contributed by atoms with E-state index in [-0.39, 0.29) is 0 Å². The summed E-state index contributed by atoms with van der Waals surface area (Å²) in [5, 5.41) is 0. The van der Waals surface area contributed by atoms with Crippen LogP contribution >= 0.6 is 0 Å². The smallest absolute Gasteiger partial charge is 0.0247 e. The zero-order valence-electron chi connectivity index (χ0n) is 12.1. The van der Waals surface area contributed by atoms with Crippen LogP contribution in [0, 0.1) is 5.92 Å². The molecule has 2 atom stereocenters. The van der Waals surface area contributed by atoms with Crippen LogP contribution in [0.5, 0.6) is 0 Å². The highest BCUT2D eigenvalue weighted by atomic mass is 15.2. The first-order valence-corrected chi connectivity index (χ1v) is 7.72. The molecule has 0 saturated heterocycles. The zero-order valence-corrected chi connectivity index (χ0v) is 12.1. The van der Waals surface area contributed by atoms with Gasteiger partial charge in [0.15, 0.2) is 0 Å². The average molecular weight is 240 g/mol. The highest BCUT2D eigenvalue weighted by Gasteiger charge is 2.26. The highest BCUT2D eigenvalue weighted by molar-refractivity contribution is 4.85. The molecule has 0 aromatic carbocycles. The standard InChI is InChI=1S/C15H32N2/c1-4-13(5-2)12-17(6-3)15-11-9-7-8-10-14(15)16/h13-15H,4-12,16H2,1-3H3. The van der Waals surface area contributed by atoms with Gasteiger partial charge in [0.25, 0.3) is 0 Å². The Morgan fingerprint density at radius 1 is 1.06 bits per heavy atom. The number of hydrogen-bond donors (Lipinski definition) is 1. The fraction of sp³-hybridized carbons (Fsp3) is 1.00. The van der Waals surface area contributed by atoms with Crippen LogP contribution in [-0.4, -0.2) is 30.1 Å². The molecule has 0 aromatic heterocycles. The first-order chi connectivity index (χ1) is 8.22. The predicted molar refractivity (Wildman–Crippen MR) is 76.2 cm³/mol. The molecule has 0 spiro atoms. The van der Waals surface area contributed by atoms with Crippen molar-refractivity contribution in [3.8, 4) is 0 Å². The normalized spacial score (nSPS) is 26.5. The number of rotatable bonds is 6. The van der Waals surface area contributed by atoms with Crippen molar-refractivity contribution in [3.63, 3.8) is 0 Å². The highest BCUT2D eigenvalue weighted by Crippen LogP contribution is 2.23. The second-order valence-corrected chi connectivity index (χ2v) is 5.64. The second-order valence-electron chi connectivity index (χ2n) is 5.64. The summed E-state index contributed by atoms with van der Waals surface area (Å²) in [5.74, 6) is 0.852. The van der Waals surface area contributed by atoms with Gasteiger partial charge < -0.3 is 5.73 Å². The van der Waals surface area contributed by atoms with Crippen molar-refractivity contribution in [2.45, 2.75) is 77.8 Å². The van der Waals surface area contributed by atoms with Gasteiger partial charge in [-0.05, 0) is 25.3 Å². The van der Waals surface area contributed by atoms with E-state index in [4.69, 9.17) is 5.73 Å². The number of nitrogens with zero attached hydrogens (tertiary/aromatic N) is 1. The lowest BCUT2D eigenvalue weighted by Gasteiger charge is -2.36. The van der Waals surface area contributed by atoms with Gasteiger partial charge in [-0.25, -0.2) is 0 Å². The zero-order chi connectivity index (χ0) is 12.7. The van der Waals surface area contributed by atoms with E-state index in [2.05, 4.69) is 25.7 Å². The van der Waals surface area contributed by atoms with Crippen LogP contribution < -0.4 is 5.73 Å². The van der Waals surface area contributed by atoms with Crippen molar-refractivity contribution in [1.82, 2.24) is 4.90 Å². The minimum atomic E-state index is 0.409. The summed E-state index contributed by atoms with van der Waals surface area (Å²) in [4.78, 5) is 2.66. The summed E-state index contributed by atoms with van der Waals surface area (Å²) in [5.41, 5.74) is 6.37. The van der Waals surface area contributed by atoms with Gasteiger partial charge in [0.1, 0.15) is 0 Å². The number of hydrogen-bond acceptors (Lipinski definition) is 2. The summed E-state index contributed by atoms with van der Waals surface area (Å²) in [6.07, 6.45) is 9.23. The lowest BCUT2D eigenvalue weighted by molar-refractivity contribution is 0.142. The maximum atomic E-state index is 6.37. The molecule has 2 N–H and O–H groups in total. The SMILES string of the molecule is CCC(CC)CN(CC)C1CCCCCC1N. The van der Waals surface area contributed by atoms with Gasteiger partial charge in [-0.3, -0.25) is 4.90 Å². The van der Waals surface area contributed by atoms with Crippen molar-refractivity contribution in [2.24, 2.45) is 11.7 Å². The Balaban J connectivity index is 2.57. The van der Waals surface area contributed by atoms with Crippen molar-refractivity contribution >= 4 is 0 Å². The van der Waals surface area contributed by atoms with E-state index in [0.29, 0.717) is 12.1 Å². The van der Waals surface area contributed by atoms with Crippen molar-refractivity contribution in [1.29, 1.82) is 0 Å². The van der Waals surface area contributed by atoms with Crippen LogP contribution in [0.4, 0.5) is 0 Å². The number of nitrogens with two attached hydrogens (primary N) is 1. The Labute approximate surface area is 108 Å². The molecule has 102 valence electrons. The van der Waals surface area contributed by atoms with Crippen LogP contribution in [0.15, 0.2) is 0 Å². The van der Waals surface area contributed by atoms with Crippen molar-refractivity contribution in [3.05, 3.63) is 0 Å². The Bertz CT molecular complexity index is 189. The molecular weight excluding hydrogens is 208 g/mol. The molecule has 1 aliphatic rings. The van der Waals surface area contributed by atoms with Crippen molar-refractivity contribution in [2.75, 3.05) is 13.1 Å². The first kappa shape index (κ1) is 15.0. The first-order valence-electron chi connectivity index (χ1n) is 7.72. The van der Waals surface area contributed by atoms with E-state index < -0.39 is 0 Å². The summed E-state index contributed by atoms with van der Waals surface area (Å²) in [6.45, 7) is 9.33. The maximum Gasteiger partial charge on any atom is 0.0247 e. The topological polar surface area (TPSA) is 29.3 Å². The monoisotopic (exact) mass is 240 g/mol. The largest absolute Gasteiger partial charge is 0.326 e. The molecule has 2 heteroatoms. The number of likely N-dealkylation sites (N-methyl/N-ethyl adjacent to an activating group) is 1. The van der Waals surface area contributed by atoms with E-state index in [1.165, 1.54) is 51.5 Å². The Hall–Kier alpha value is -0.0800. The third kappa shape index (κ3) is 4.59. The molecule has 2 unspecified atom stereocenters. The van der Waals surface area contributed by atoms with Gasteiger partial charge >= 0.3 is 0 Å². The van der Waals surface area contributed by atoms with Gasteiger partial charge in [0.05, 0.1) is 0 Å². The second kappa shape index (κ2) is 8.10. The predicted octanol–water partition coefficient (Wildman–Crippen LogP) is 3.40. The molecular formula is C15H32N2. The van der Waals surface area contributed by atoms with E-state index in [9.17, 15) is 0 Å². The summed E-state index contributed by atoms with van der Waals surface area (Å²) in [6, 6.07) is 1.05. The maximum absolute atomic E-state index is 6.37. The third-order valence-electron chi connectivity index (χ3n) is 4.55. The minimum absolute atomic E-state index is 0.409. The fourth-order valence-corrected chi connectivity index (χ4v) is 3.15. The Kier molecular flexibility index (Phi) is 7.14. The van der Waals surface area contributed by atoms with Crippen LogP contribution in [0.2, 0.25) is 0 Å². The van der Waals surface area contributed by atoms with E-state index in [0.717, 1.165) is 12.5 Å². The molecule has 17 heavy (non-hydrogen) atoms. The van der Waals surface area contributed by atoms with E-state index in [1.54, 1.807) is 0 Å². The van der Waals surface area contributed by atoms with Gasteiger partial charge in [-0.1, -0.05) is 52.9 Å². The molecule has 0 radical (unpaired) electrons. The molecule has 0 heterocycles. The molecule has 1 saturated carbocycles. The van der Waals surface area contributed by atoms with E-state index >= 15 is 0 Å². The molecule has 1 aliphatic carbocycles. The molecule has 2 nitrogen and oxygen atoms in total. The van der Waals surface area contributed by atoms with Gasteiger partial charge in [0, 0.05) is 18.6 Å². The van der Waals surface area contributed by atoms with Crippen molar-refractivity contribution < 1.29 is 0 Å². The van der Waals surface area contributed by atoms with Crippen LogP contribution in [0.1, 0.15) is 65.7 Å². The molecule has 1 rings (SSSR count). The van der Waals surface area contributed by atoms with Gasteiger partial charge in [0.2, 0.25) is 0 Å². The molecule has 0 amide bonds. The summed E-state index contributed by atoms with van der Waals surface area (Å²) in [7, 11) is 0. The fourth-order valence-electron chi connectivity index (χ4n) is 3.15. The molecule has 0 aliphatic heterocycles. The van der Waals surface area contributed by atoms with Crippen LogP contribution in [0.3, 0.4) is 0 Å². The molecule has 0 bridgehead atoms. The van der Waals surface area contributed by atoms with Crippen LogP contribution in [0.25, 0.3) is 0 Å². The van der Waals surface area contributed by atoms with E-state index in [1.807, 2.05) is 0 Å². The third-order valence-corrected chi connectivity index (χ3v) is 4.55. The Morgan fingerprint density at radius 2 is 1.71 bits per heavy atom. The molecule has 1 fully saturated rings. The molecule has 0 aromatic rings. The quantitative estimate of drug-likeness (QED) is 0.721. The summed E-state index contributed by atoms with van der Waals surface area (Å²) < 4.78 is 0. The Morgan fingerprint density at radius 3 is 2.29 bits per heavy atom. The average Bonchev–Trinajstić information content (AvgIpc) is 2.56. The lowest BCUT2D eigenvalue weighted by Crippen LogP contribution is -2.48. The lowest BCUT2D eigenvalue weighted by atomic mass is 9.97. The van der Waals surface area contributed by atoms with Crippen LogP contribution in [-0.2, 0) is 0 Å².